The van der Waals surface area contributed by atoms with Gasteiger partial charge in [0.05, 0.1) is 12.5 Å². The first-order chi connectivity index (χ1) is 9.97. The minimum absolute atomic E-state index is 0.120. The van der Waals surface area contributed by atoms with Gasteiger partial charge in [-0.1, -0.05) is 29.8 Å². The van der Waals surface area contributed by atoms with Gasteiger partial charge < -0.3 is 4.90 Å². The predicted octanol–water partition coefficient (Wildman–Crippen LogP) is 4.61. The molecule has 21 heavy (non-hydrogen) atoms. The van der Waals surface area contributed by atoms with Crippen LogP contribution in [0.3, 0.4) is 0 Å². The molecule has 0 radical (unpaired) electrons. The van der Waals surface area contributed by atoms with Crippen molar-refractivity contribution < 1.29 is 4.79 Å². The molecule has 1 aliphatic heterocycles. The van der Waals surface area contributed by atoms with Crippen molar-refractivity contribution in [2.45, 2.75) is 33.2 Å². The summed E-state index contributed by atoms with van der Waals surface area (Å²) in [6, 6.07) is 12.0. The van der Waals surface area contributed by atoms with Gasteiger partial charge in [-0.2, -0.15) is 0 Å². The van der Waals surface area contributed by atoms with Gasteiger partial charge in [-0.3, -0.25) is 4.79 Å². The van der Waals surface area contributed by atoms with E-state index >= 15 is 0 Å². The average Bonchev–Trinajstić information content (AvgIpc) is 2.68. The number of aryl methyl sites for hydroxylation is 2. The van der Waals surface area contributed by atoms with Gasteiger partial charge in [0.2, 0.25) is 5.91 Å². The van der Waals surface area contributed by atoms with Crippen molar-refractivity contribution in [3.05, 3.63) is 63.7 Å². The highest BCUT2D eigenvalue weighted by molar-refractivity contribution is 6.31. The fourth-order valence-electron chi connectivity index (χ4n) is 2.85. The molecule has 0 aliphatic carbocycles. The molecule has 0 saturated carbocycles. The number of hydrogen-bond donors (Lipinski definition) is 0. The number of hydrogen-bond acceptors (Lipinski definition) is 1. The van der Waals surface area contributed by atoms with Crippen LogP contribution >= 0.6 is 11.6 Å². The molecule has 1 atom stereocenters. The maximum atomic E-state index is 12.5. The summed E-state index contributed by atoms with van der Waals surface area (Å²) >= 11 is 6.05. The minimum atomic E-state index is -0.120. The van der Waals surface area contributed by atoms with Crippen LogP contribution in [0.4, 0.5) is 5.69 Å². The van der Waals surface area contributed by atoms with Crippen molar-refractivity contribution >= 4 is 23.2 Å². The summed E-state index contributed by atoms with van der Waals surface area (Å²) in [6.45, 7) is 6.75. The molecule has 2 nitrogen and oxygen atoms in total. The molecule has 0 spiro atoms. The number of anilines is 1. The van der Waals surface area contributed by atoms with Crippen molar-refractivity contribution in [1.82, 2.24) is 0 Å². The molecule has 0 saturated heterocycles. The Balaban J connectivity index is 1.96. The number of rotatable bonds is 2. The molecule has 1 amide bonds. The number of amides is 1. The van der Waals surface area contributed by atoms with Crippen LogP contribution in [0.5, 0.6) is 0 Å². The van der Waals surface area contributed by atoms with Crippen LogP contribution in [-0.2, 0) is 11.3 Å². The lowest BCUT2D eigenvalue weighted by atomic mass is 10.0. The zero-order chi connectivity index (χ0) is 15.1. The third-order valence-electron chi connectivity index (χ3n) is 4.30. The van der Waals surface area contributed by atoms with Crippen LogP contribution in [0.1, 0.15) is 35.1 Å². The maximum Gasteiger partial charge on any atom is 0.234 e. The van der Waals surface area contributed by atoms with Gasteiger partial charge in [0.25, 0.3) is 0 Å². The zero-order valence-corrected chi connectivity index (χ0v) is 13.2. The standard InChI is InChI=1S/C18H18ClNO/c1-11-4-5-14(8-12(11)2)10-20-17-7-6-15(19)9-16(17)13(3)18(20)21/h4-9,13H,10H2,1-3H3. The van der Waals surface area contributed by atoms with Crippen molar-refractivity contribution in [1.29, 1.82) is 0 Å². The number of carbonyl (C=O) groups excluding carboxylic acids is 1. The molecule has 0 N–H and O–H groups in total. The molecule has 1 unspecified atom stereocenters. The summed E-state index contributed by atoms with van der Waals surface area (Å²) in [5, 5.41) is 0.682. The SMILES string of the molecule is Cc1ccc(CN2C(=O)C(C)c3cc(Cl)ccc32)cc1C. The molecule has 0 aromatic heterocycles. The summed E-state index contributed by atoms with van der Waals surface area (Å²) in [7, 11) is 0. The first-order valence-corrected chi connectivity index (χ1v) is 7.52. The Kier molecular flexibility index (Phi) is 3.50. The van der Waals surface area contributed by atoms with Gasteiger partial charge in [-0.25, -0.2) is 0 Å². The Morgan fingerprint density at radius 3 is 2.57 bits per heavy atom. The van der Waals surface area contributed by atoms with Crippen molar-refractivity contribution in [3.63, 3.8) is 0 Å². The highest BCUT2D eigenvalue weighted by Gasteiger charge is 2.34. The van der Waals surface area contributed by atoms with Crippen LogP contribution in [-0.4, -0.2) is 5.91 Å². The van der Waals surface area contributed by atoms with Crippen LogP contribution in [0.2, 0.25) is 5.02 Å². The van der Waals surface area contributed by atoms with Crippen LogP contribution in [0.15, 0.2) is 36.4 Å². The van der Waals surface area contributed by atoms with Crippen molar-refractivity contribution in [2.24, 2.45) is 0 Å². The number of nitrogens with zero attached hydrogens (tertiary/aromatic N) is 1. The summed E-state index contributed by atoms with van der Waals surface area (Å²) < 4.78 is 0. The van der Waals surface area contributed by atoms with Gasteiger partial charge in [0.1, 0.15) is 0 Å². The third-order valence-corrected chi connectivity index (χ3v) is 4.53. The van der Waals surface area contributed by atoms with Crippen molar-refractivity contribution in [3.8, 4) is 0 Å². The second kappa shape index (κ2) is 5.19. The quantitative estimate of drug-likeness (QED) is 0.793. The first-order valence-electron chi connectivity index (χ1n) is 7.14. The van der Waals surface area contributed by atoms with Crippen molar-refractivity contribution in [2.75, 3.05) is 4.90 Å². The maximum absolute atomic E-state index is 12.5. The Labute approximate surface area is 130 Å². The summed E-state index contributed by atoms with van der Waals surface area (Å²) in [5.41, 5.74) is 5.68. The summed E-state index contributed by atoms with van der Waals surface area (Å²) in [4.78, 5) is 14.4. The fourth-order valence-corrected chi connectivity index (χ4v) is 3.03. The molecule has 0 bridgehead atoms. The van der Waals surface area contributed by atoms with Gasteiger partial charge in [0, 0.05) is 10.7 Å². The van der Waals surface area contributed by atoms with Crippen LogP contribution in [0, 0.1) is 13.8 Å². The molecule has 3 rings (SSSR count). The normalized spacial score (nSPS) is 17.2. The molecule has 1 aliphatic rings. The highest BCUT2D eigenvalue weighted by atomic mass is 35.5. The topological polar surface area (TPSA) is 20.3 Å². The minimum Gasteiger partial charge on any atom is -0.307 e. The van der Waals surface area contributed by atoms with Gasteiger partial charge in [-0.05, 0) is 61.2 Å². The second-order valence-electron chi connectivity index (χ2n) is 5.77. The molecule has 2 aromatic rings. The fraction of sp³-hybridized carbons (Fsp3) is 0.278. The summed E-state index contributed by atoms with van der Waals surface area (Å²) in [5.74, 6) is 0.0238. The molecular weight excluding hydrogens is 282 g/mol. The summed E-state index contributed by atoms with van der Waals surface area (Å²) in [6.07, 6.45) is 0. The third kappa shape index (κ3) is 2.44. The van der Waals surface area contributed by atoms with Crippen LogP contribution < -0.4 is 4.90 Å². The lowest BCUT2D eigenvalue weighted by molar-refractivity contribution is -0.119. The van der Waals surface area contributed by atoms with E-state index in [1.807, 2.05) is 30.0 Å². The molecule has 0 fully saturated rings. The Morgan fingerprint density at radius 2 is 1.86 bits per heavy atom. The lowest BCUT2D eigenvalue weighted by Gasteiger charge is -2.18. The first kappa shape index (κ1) is 14.2. The van der Waals surface area contributed by atoms with E-state index in [1.165, 1.54) is 11.1 Å². The van der Waals surface area contributed by atoms with E-state index in [-0.39, 0.29) is 11.8 Å². The Hall–Kier alpha value is -1.80. The highest BCUT2D eigenvalue weighted by Crippen LogP contribution is 2.39. The van der Waals surface area contributed by atoms with E-state index in [4.69, 9.17) is 11.6 Å². The van der Waals surface area contributed by atoms with Gasteiger partial charge in [0.15, 0.2) is 0 Å². The average molecular weight is 300 g/mol. The van der Waals surface area contributed by atoms with E-state index in [1.54, 1.807) is 0 Å². The number of fused-ring (bicyclic) bond motifs is 1. The Bertz CT molecular complexity index is 723. The molecular formula is C18H18ClNO. The molecule has 108 valence electrons. The molecule has 2 aromatic carbocycles. The zero-order valence-electron chi connectivity index (χ0n) is 12.5. The molecule has 3 heteroatoms. The second-order valence-corrected chi connectivity index (χ2v) is 6.20. The number of benzene rings is 2. The monoisotopic (exact) mass is 299 g/mol. The van der Waals surface area contributed by atoms with Crippen LogP contribution in [0.25, 0.3) is 0 Å². The predicted molar refractivity (Wildman–Crippen MR) is 87.0 cm³/mol. The van der Waals surface area contributed by atoms with E-state index in [0.717, 1.165) is 16.8 Å². The lowest BCUT2D eigenvalue weighted by Crippen LogP contribution is -2.27. The Morgan fingerprint density at radius 1 is 1.10 bits per heavy atom. The van der Waals surface area contributed by atoms with E-state index in [2.05, 4.69) is 32.0 Å². The largest absolute Gasteiger partial charge is 0.307 e. The number of halogens is 1. The van der Waals surface area contributed by atoms with E-state index in [0.29, 0.717) is 11.6 Å². The number of carbonyl (C=O) groups is 1. The van der Waals surface area contributed by atoms with Gasteiger partial charge >= 0.3 is 0 Å². The smallest absolute Gasteiger partial charge is 0.234 e. The van der Waals surface area contributed by atoms with Gasteiger partial charge in [-0.15, -0.1) is 0 Å². The van der Waals surface area contributed by atoms with E-state index in [9.17, 15) is 4.79 Å². The molecule has 1 heterocycles. The van der Waals surface area contributed by atoms with E-state index < -0.39 is 0 Å².